The molecular weight excluding hydrogens is 254 g/mol. The normalized spacial score (nSPS) is 11.2. The molecule has 0 aliphatic carbocycles. The molecular formula is C13H14F2N2S. The van der Waals surface area contributed by atoms with Gasteiger partial charge >= 0.3 is 0 Å². The Morgan fingerprint density at radius 3 is 2.83 bits per heavy atom. The number of halogens is 2. The molecule has 0 aliphatic rings. The Kier molecular flexibility index (Phi) is 4.04. The lowest BCUT2D eigenvalue weighted by molar-refractivity contribution is 0.511. The molecule has 1 aromatic carbocycles. The summed E-state index contributed by atoms with van der Waals surface area (Å²) in [6.45, 7) is 4.72. The van der Waals surface area contributed by atoms with Crippen molar-refractivity contribution in [1.29, 1.82) is 0 Å². The van der Waals surface area contributed by atoms with Crippen LogP contribution >= 0.6 is 11.3 Å². The molecule has 2 nitrogen and oxygen atoms in total. The predicted octanol–water partition coefficient (Wildman–Crippen LogP) is 3.59. The summed E-state index contributed by atoms with van der Waals surface area (Å²) in [4.78, 5) is 4.30. The van der Waals surface area contributed by atoms with E-state index in [9.17, 15) is 8.78 Å². The fourth-order valence-corrected chi connectivity index (χ4v) is 2.25. The minimum atomic E-state index is -0.845. The summed E-state index contributed by atoms with van der Waals surface area (Å²) in [6, 6.07) is 4.49. The molecule has 0 fully saturated rings. The van der Waals surface area contributed by atoms with E-state index in [1.807, 2.05) is 13.8 Å². The number of benzene rings is 1. The van der Waals surface area contributed by atoms with Crippen LogP contribution in [-0.4, -0.2) is 11.0 Å². The second-order valence-electron chi connectivity index (χ2n) is 4.26. The highest BCUT2D eigenvalue weighted by Gasteiger charge is 2.12. The Balaban J connectivity index is 2.21. The number of hydrogen-bond donors (Lipinski definition) is 1. The van der Waals surface area contributed by atoms with Gasteiger partial charge in [0.25, 0.3) is 0 Å². The third-order valence-electron chi connectivity index (χ3n) is 2.44. The summed E-state index contributed by atoms with van der Waals surface area (Å²) in [5, 5.41) is 5.84. The SMILES string of the molecule is CC(C)NCc1nc(-c2cccc(F)c2F)cs1. The van der Waals surface area contributed by atoms with Crippen LogP contribution in [0.1, 0.15) is 18.9 Å². The summed E-state index contributed by atoms with van der Waals surface area (Å²) < 4.78 is 26.7. The topological polar surface area (TPSA) is 24.9 Å². The summed E-state index contributed by atoms with van der Waals surface area (Å²) in [5.74, 6) is -1.69. The standard InChI is InChI=1S/C13H14F2N2S/c1-8(2)16-6-12-17-11(7-18-12)9-4-3-5-10(14)13(9)15/h3-5,7-8,16H,6H2,1-2H3. The van der Waals surface area contributed by atoms with Crippen LogP contribution in [-0.2, 0) is 6.54 Å². The predicted molar refractivity (Wildman–Crippen MR) is 69.4 cm³/mol. The van der Waals surface area contributed by atoms with Gasteiger partial charge in [-0.05, 0) is 12.1 Å². The van der Waals surface area contributed by atoms with Gasteiger partial charge in [0.05, 0.1) is 5.69 Å². The monoisotopic (exact) mass is 268 g/mol. The number of nitrogens with zero attached hydrogens (tertiary/aromatic N) is 1. The van der Waals surface area contributed by atoms with Gasteiger partial charge < -0.3 is 5.32 Å². The maximum atomic E-state index is 13.6. The zero-order chi connectivity index (χ0) is 13.1. The van der Waals surface area contributed by atoms with Crippen molar-refractivity contribution in [2.45, 2.75) is 26.4 Å². The zero-order valence-electron chi connectivity index (χ0n) is 10.2. The molecule has 0 amide bonds. The van der Waals surface area contributed by atoms with Gasteiger partial charge in [-0.3, -0.25) is 0 Å². The van der Waals surface area contributed by atoms with E-state index in [-0.39, 0.29) is 5.56 Å². The number of thiazole rings is 1. The second-order valence-corrected chi connectivity index (χ2v) is 5.21. The highest BCUT2D eigenvalue weighted by molar-refractivity contribution is 7.09. The van der Waals surface area contributed by atoms with Gasteiger partial charge in [-0.2, -0.15) is 0 Å². The first-order valence-electron chi connectivity index (χ1n) is 5.70. The molecule has 18 heavy (non-hydrogen) atoms. The highest BCUT2D eigenvalue weighted by atomic mass is 32.1. The molecule has 5 heteroatoms. The van der Waals surface area contributed by atoms with Crippen LogP contribution in [0.2, 0.25) is 0 Å². The van der Waals surface area contributed by atoms with Crippen molar-refractivity contribution >= 4 is 11.3 Å². The van der Waals surface area contributed by atoms with Gasteiger partial charge in [0, 0.05) is 23.5 Å². The maximum absolute atomic E-state index is 13.6. The van der Waals surface area contributed by atoms with E-state index in [0.717, 1.165) is 11.1 Å². The van der Waals surface area contributed by atoms with Crippen LogP contribution in [0.4, 0.5) is 8.78 Å². The van der Waals surface area contributed by atoms with Gasteiger partial charge in [0.1, 0.15) is 5.01 Å². The van der Waals surface area contributed by atoms with Crippen LogP contribution in [0.5, 0.6) is 0 Å². The van der Waals surface area contributed by atoms with E-state index in [1.165, 1.54) is 23.5 Å². The van der Waals surface area contributed by atoms with Crippen molar-refractivity contribution in [2.24, 2.45) is 0 Å². The molecule has 0 unspecified atom stereocenters. The van der Waals surface area contributed by atoms with Crippen LogP contribution in [0, 0.1) is 11.6 Å². The van der Waals surface area contributed by atoms with E-state index in [1.54, 1.807) is 5.38 Å². The van der Waals surface area contributed by atoms with Gasteiger partial charge in [0.15, 0.2) is 11.6 Å². The molecule has 1 heterocycles. The lowest BCUT2D eigenvalue weighted by atomic mass is 10.1. The lowest BCUT2D eigenvalue weighted by Gasteiger charge is -2.04. The molecule has 0 radical (unpaired) electrons. The fraction of sp³-hybridized carbons (Fsp3) is 0.308. The Morgan fingerprint density at radius 2 is 2.11 bits per heavy atom. The number of aromatic nitrogens is 1. The first-order chi connectivity index (χ1) is 8.58. The Morgan fingerprint density at radius 1 is 1.33 bits per heavy atom. The van der Waals surface area contributed by atoms with Crippen molar-refractivity contribution in [1.82, 2.24) is 10.3 Å². The summed E-state index contributed by atoms with van der Waals surface area (Å²) in [5.41, 5.74) is 0.694. The molecule has 0 saturated carbocycles. The largest absolute Gasteiger partial charge is 0.308 e. The van der Waals surface area contributed by atoms with Crippen molar-refractivity contribution in [3.05, 3.63) is 40.2 Å². The molecule has 2 aromatic rings. The molecule has 0 saturated heterocycles. The Bertz CT molecular complexity index is 538. The minimum Gasteiger partial charge on any atom is -0.308 e. The summed E-state index contributed by atoms with van der Waals surface area (Å²) >= 11 is 1.44. The number of rotatable bonds is 4. The lowest BCUT2D eigenvalue weighted by Crippen LogP contribution is -2.21. The molecule has 1 aromatic heterocycles. The molecule has 0 atom stereocenters. The summed E-state index contributed by atoms with van der Waals surface area (Å²) in [7, 11) is 0. The van der Waals surface area contributed by atoms with Crippen molar-refractivity contribution in [3.63, 3.8) is 0 Å². The third-order valence-corrected chi connectivity index (χ3v) is 3.29. The quantitative estimate of drug-likeness (QED) is 0.916. The van der Waals surface area contributed by atoms with Gasteiger partial charge in [0.2, 0.25) is 0 Å². The molecule has 0 aliphatic heterocycles. The fourth-order valence-electron chi connectivity index (χ4n) is 1.51. The third kappa shape index (κ3) is 2.91. The molecule has 1 N–H and O–H groups in total. The van der Waals surface area contributed by atoms with E-state index in [2.05, 4.69) is 10.3 Å². The number of hydrogen-bond acceptors (Lipinski definition) is 3. The van der Waals surface area contributed by atoms with Gasteiger partial charge in [-0.15, -0.1) is 11.3 Å². The summed E-state index contributed by atoms with van der Waals surface area (Å²) in [6.07, 6.45) is 0. The van der Waals surface area contributed by atoms with Crippen molar-refractivity contribution in [2.75, 3.05) is 0 Å². The van der Waals surface area contributed by atoms with Gasteiger partial charge in [-0.1, -0.05) is 19.9 Å². The van der Waals surface area contributed by atoms with E-state index in [0.29, 0.717) is 18.3 Å². The average Bonchev–Trinajstić information content (AvgIpc) is 2.78. The van der Waals surface area contributed by atoms with Crippen LogP contribution in [0.3, 0.4) is 0 Å². The van der Waals surface area contributed by atoms with Crippen LogP contribution in [0.25, 0.3) is 11.3 Å². The van der Waals surface area contributed by atoms with Crippen molar-refractivity contribution in [3.8, 4) is 11.3 Å². The Hall–Kier alpha value is -1.33. The first-order valence-corrected chi connectivity index (χ1v) is 6.58. The van der Waals surface area contributed by atoms with Crippen molar-refractivity contribution < 1.29 is 8.78 Å². The van der Waals surface area contributed by atoms with E-state index in [4.69, 9.17) is 0 Å². The van der Waals surface area contributed by atoms with Gasteiger partial charge in [-0.25, -0.2) is 13.8 Å². The molecule has 96 valence electrons. The zero-order valence-corrected chi connectivity index (χ0v) is 11.0. The molecule has 2 rings (SSSR count). The van der Waals surface area contributed by atoms with Crippen LogP contribution < -0.4 is 5.32 Å². The minimum absolute atomic E-state index is 0.210. The first kappa shape index (κ1) is 13.1. The highest BCUT2D eigenvalue weighted by Crippen LogP contribution is 2.25. The smallest absolute Gasteiger partial charge is 0.168 e. The molecule has 0 spiro atoms. The average molecular weight is 268 g/mol. The second kappa shape index (κ2) is 5.54. The molecule has 0 bridgehead atoms. The van der Waals surface area contributed by atoms with E-state index >= 15 is 0 Å². The van der Waals surface area contributed by atoms with Crippen LogP contribution in [0.15, 0.2) is 23.6 Å². The number of nitrogens with one attached hydrogen (secondary N) is 1. The maximum Gasteiger partial charge on any atom is 0.168 e. The van der Waals surface area contributed by atoms with E-state index < -0.39 is 11.6 Å². The Labute approximate surface area is 109 Å².